The van der Waals surface area contributed by atoms with Gasteiger partial charge in [-0.05, 0) is 43.2 Å². The molecule has 0 saturated heterocycles. The Morgan fingerprint density at radius 3 is 0.982 bits per heavy atom. The zero-order valence-corrected chi connectivity index (χ0v) is 36.7. The molecule has 0 aliphatic heterocycles. The lowest BCUT2D eigenvalue weighted by molar-refractivity contribution is -0.698. The molecular formula is C47H80Cl2N2O4. The fraction of sp³-hybridized carbons (Fsp3) is 0.745. The summed E-state index contributed by atoms with van der Waals surface area (Å²) in [6, 6.07) is 8.69. The van der Waals surface area contributed by atoms with Crippen molar-refractivity contribution >= 4 is 11.9 Å². The second-order valence-corrected chi connectivity index (χ2v) is 15.5. The largest absolute Gasteiger partial charge is 1.00 e. The van der Waals surface area contributed by atoms with Crippen LogP contribution < -0.4 is 33.9 Å². The molecule has 2 aromatic heterocycles. The lowest BCUT2D eigenvalue weighted by atomic mass is 10.0. The van der Waals surface area contributed by atoms with Gasteiger partial charge in [-0.3, -0.25) is 9.59 Å². The van der Waals surface area contributed by atoms with Crippen LogP contribution in [0.1, 0.15) is 198 Å². The van der Waals surface area contributed by atoms with E-state index in [2.05, 4.69) is 72.0 Å². The van der Waals surface area contributed by atoms with Crippen LogP contribution in [-0.4, -0.2) is 25.2 Å². The number of ether oxygens (including phenoxy) is 2. The molecular weight excluding hydrogens is 727 g/mol. The molecule has 55 heavy (non-hydrogen) atoms. The predicted octanol–water partition coefficient (Wildman–Crippen LogP) is 5.71. The van der Waals surface area contributed by atoms with Gasteiger partial charge in [-0.2, -0.15) is 0 Å². The maximum atomic E-state index is 12.1. The number of rotatable bonds is 36. The lowest BCUT2D eigenvalue weighted by Gasteiger charge is -2.05. The first kappa shape index (κ1) is 52.8. The summed E-state index contributed by atoms with van der Waals surface area (Å²) in [5.74, 6) is -0.131. The smallest absolute Gasteiger partial charge is 0.306 e. The third kappa shape index (κ3) is 31.6. The molecule has 8 heteroatoms. The highest BCUT2D eigenvalue weighted by molar-refractivity contribution is 5.69. The summed E-state index contributed by atoms with van der Waals surface area (Å²) in [7, 11) is 0. The van der Waals surface area contributed by atoms with Gasteiger partial charge < -0.3 is 34.3 Å². The highest BCUT2D eigenvalue weighted by Crippen LogP contribution is 2.14. The number of carbonyl (C=O) groups is 2. The van der Waals surface area contributed by atoms with Gasteiger partial charge in [0, 0.05) is 37.1 Å². The molecule has 0 unspecified atom stereocenters. The van der Waals surface area contributed by atoms with Crippen LogP contribution >= 0.6 is 0 Å². The number of nitrogens with zero attached hydrogens (tertiary/aromatic N) is 2. The van der Waals surface area contributed by atoms with Crippen molar-refractivity contribution in [1.29, 1.82) is 0 Å². The first-order valence-electron chi connectivity index (χ1n) is 22.4. The topological polar surface area (TPSA) is 60.4 Å². The second-order valence-electron chi connectivity index (χ2n) is 15.5. The fourth-order valence-electron chi connectivity index (χ4n) is 7.00. The summed E-state index contributed by atoms with van der Waals surface area (Å²) in [5.41, 5.74) is 2.64. The highest BCUT2D eigenvalue weighted by Gasteiger charge is 2.08. The van der Waals surface area contributed by atoms with Crippen molar-refractivity contribution in [2.75, 3.05) is 13.2 Å². The van der Waals surface area contributed by atoms with Crippen LogP contribution in [0.5, 0.6) is 0 Å². The van der Waals surface area contributed by atoms with Crippen LogP contribution in [0.25, 0.3) is 0 Å². The molecule has 316 valence electrons. The van der Waals surface area contributed by atoms with Gasteiger partial charge in [0.05, 0.1) is 0 Å². The number of pyridine rings is 2. The van der Waals surface area contributed by atoms with Gasteiger partial charge in [0.2, 0.25) is 0 Å². The Bertz CT molecular complexity index is 1060. The highest BCUT2D eigenvalue weighted by atomic mass is 35.5. The Kier molecular flexibility index (Phi) is 37.1. The number of hydrogen-bond donors (Lipinski definition) is 0. The number of aryl methyl sites for hydroxylation is 2. The number of unbranched alkanes of at least 4 members (excludes halogenated alkanes) is 22. The first-order chi connectivity index (χ1) is 26.1. The third-order valence-electron chi connectivity index (χ3n) is 10.5. The van der Waals surface area contributed by atoms with Crippen molar-refractivity contribution in [1.82, 2.24) is 0 Å². The molecule has 0 atom stereocenters. The molecule has 0 aliphatic rings. The zero-order chi connectivity index (χ0) is 37.9. The minimum absolute atomic E-state index is 0. The Morgan fingerprint density at radius 1 is 0.418 bits per heavy atom. The molecule has 0 bridgehead atoms. The minimum Gasteiger partial charge on any atom is -1.00 e. The van der Waals surface area contributed by atoms with Crippen LogP contribution in [0.3, 0.4) is 0 Å². The molecule has 0 amide bonds. The molecule has 0 saturated carbocycles. The van der Waals surface area contributed by atoms with E-state index in [4.69, 9.17) is 9.47 Å². The Balaban J connectivity index is 0.0000146. The monoisotopic (exact) mass is 807 g/mol. The molecule has 0 radical (unpaired) electrons. The normalized spacial score (nSPS) is 10.8. The summed E-state index contributed by atoms with van der Waals surface area (Å²) >= 11 is 0. The van der Waals surface area contributed by atoms with Crippen molar-refractivity contribution in [3.8, 4) is 0 Å². The van der Waals surface area contributed by atoms with Crippen LogP contribution in [0.15, 0.2) is 49.1 Å². The van der Waals surface area contributed by atoms with Gasteiger partial charge >= 0.3 is 11.9 Å². The van der Waals surface area contributed by atoms with Gasteiger partial charge in [-0.25, -0.2) is 9.13 Å². The van der Waals surface area contributed by atoms with Crippen molar-refractivity contribution in [3.63, 3.8) is 0 Å². The van der Waals surface area contributed by atoms with Gasteiger partial charge in [-0.1, -0.05) is 155 Å². The van der Waals surface area contributed by atoms with E-state index >= 15 is 0 Å². The van der Waals surface area contributed by atoms with E-state index in [1.165, 1.54) is 140 Å². The molecule has 0 N–H and O–H groups in total. The Hall–Kier alpha value is -2.18. The van der Waals surface area contributed by atoms with E-state index in [0.717, 1.165) is 44.9 Å². The summed E-state index contributed by atoms with van der Waals surface area (Å²) in [6.07, 6.45) is 43.8. The number of carbonyl (C=O) groups excluding carboxylic acids is 2. The maximum absolute atomic E-state index is 12.1. The third-order valence-corrected chi connectivity index (χ3v) is 10.5. The molecule has 2 heterocycles. The molecule has 0 fully saturated rings. The lowest BCUT2D eigenvalue weighted by Crippen LogP contribution is -3.00. The van der Waals surface area contributed by atoms with Crippen molar-refractivity contribution in [3.05, 3.63) is 60.2 Å². The Labute approximate surface area is 350 Å². The number of hydrogen-bond acceptors (Lipinski definition) is 4. The SMILES string of the molecule is CCCCCCCCCCCCCCC(=O)OCC[n+]1ccc(CCCc2cc[n+](CCOC(=O)CCCCCCCCCCCCCC)cc2)cc1.[Cl-].[Cl-]. The zero-order valence-electron chi connectivity index (χ0n) is 35.2. The van der Waals surface area contributed by atoms with E-state index in [0.29, 0.717) is 39.1 Å². The van der Waals surface area contributed by atoms with E-state index in [9.17, 15) is 9.59 Å². The molecule has 0 aromatic carbocycles. The molecule has 2 rings (SSSR count). The van der Waals surface area contributed by atoms with E-state index < -0.39 is 0 Å². The number of halogens is 2. The van der Waals surface area contributed by atoms with E-state index in [1.807, 2.05) is 0 Å². The van der Waals surface area contributed by atoms with Gasteiger partial charge in [0.1, 0.15) is 0 Å². The summed E-state index contributed by atoms with van der Waals surface area (Å²) < 4.78 is 15.2. The van der Waals surface area contributed by atoms with Crippen molar-refractivity contribution in [2.24, 2.45) is 0 Å². The van der Waals surface area contributed by atoms with Gasteiger partial charge in [0.15, 0.2) is 51.1 Å². The van der Waals surface area contributed by atoms with Crippen LogP contribution in [0, 0.1) is 0 Å². The van der Waals surface area contributed by atoms with Crippen LogP contribution in [-0.2, 0) is 45.0 Å². The van der Waals surface area contributed by atoms with Crippen LogP contribution in [0.4, 0.5) is 0 Å². The average molecular weight is 808 g/mol. The van der Waals surface area contributed by atoms with E-state index in [-0.39, 0.29) is 36.8 Å². The molecule has 0 aliphatic carbocycles. The van der Waals surface area contributed by atoms with Gasteiger partial charge in [0.25, 0.3) is 0 Å². The maximum Gasteiger partial charge on any atom is 0.306 e. The van der Waals surface area contributed by atoms with E-state index in [1.54, 1.807) is 0 Å². The summed E-state index contributed by atoms with van der Waals surface area (Å²) in [6.45, 7) is 6.77. The average Bonchev–Trinajstić information content (AvgIpc) is 3.17. The van der Waals surface area contributed by atoms with Crippen molar-refractivity contribution < 1.29 is 53.0 Å². The number of esters is 2. The second kappa shape index (κ2) is 38.7. The standard InChI is InChI=1S/C47H80N2O4.2ClH/c1-3-5-7-9-11-13-15-17-19-21-23-25-30-46(50)52-42-40-48-36-32-44(33-37-48)28-27-29-45-34-38-49(39-35-45)41-43-53-47(51)31-26-24-22-20-18-16-14-12-10-8-6-4-2;;/h32-39H,3-31,40-43H2,1-2H3;2*1H/q+2;;/p-2. The molecule has 0 spiro atoms. The first-order valence-corrected chi connectivity index (χ1v) is 22.4. The quantitative estimate of drug-likeness (QED) is 0.0503. The summed E-state index contributed by atoms with van der Waals surface area (Å²) in [4.78, 5) is 24.3. The van der Waals surface area contributed by atoms with Crippen LogP contribution in [0.2, 0.25) is 0 Å². The van der Waals surface area contributed by atoms with Crippen molar-refractivity contribution in [2.45, 2.75) is 213 Å². The number of aromatic nitrogens is 2. The molecule has 6 nitrogen and oxygen atoms in total. The minimum atomic E-state index is -0.0654. The molecule has 2 aromatic rings. The van der Waals surface area contributed by atoms with Gasteiger partial charge in [-0.15, -0.1) is 0 Å². The Morgan fingerprint density at radius 2 is 0.691 bits per heavy atom. The summed E-state index contributed by atoms with van der Waals surface area (Å²) in [5, 5.41) is 0. The fourth-order valence-corrected chi connectivity index (χ4v) is 7.00. The predicted molar refractivity (Wildman–Crippen MR) is 219 cm³/mol.